The normalized spacial score (nSPS) is 45.1. The predicted molar refractivity (Wildman–Crippen MR) is 125 cm³/mol. The molecule has 0 aromatic rings. The van der Waals surface area contributed by atoms with E-state index < -0.39 is 12.0 Å². The lowest BCUT2D eigenvalue weighted by Gasteiger charge is -2.61. The summed E-state index contributed by atoms with van der Waals surface area (Å²) in [5.74, 6) is 4.72. The lowest BCUT2D eigenvalue weighted by atomic mass is 9.44. The Labute approximate surface area is 189 Å². The average molecular weight is 434 g/mol. The molecule has 0 amide bonds. The Morgan fingerprint density at radius 1 is 0.935 bits per heavy atom. The van der Waals surface area contributed by atoms with Crippen LogP contribution < -0.4 is 0 Å². The number of hydrogen-bond donors (Lipinski definition) is 2. The van der Waals surface area contributed by atoms with E-state index in [4.69, 9.17) is 0 Å². The van der Waals surface area contributed by atoms with Crippen molar-refractivity contribution in [3.8, 4) is 0 Å². The van der Waals surface area contributed by atoms with Gasteiger partial charge in [0.05, 0.1) is 19.3 Å². The van der Waals surface area contributed by atoms with E-state index in [2.05, 4.69) is 25.9 Å². The maximum absolute atomic E-state index is 10.6. The molecular formula is C27H47NO3. The molecule has 178 valence electrons. The molecule has 4 heteroatoms. The van der Waals surface area contributed by atoms with Gasteiger partial charge < -0.3 is 10.2 Å². The second-order valence-corrected chi connectivity index (χ2v) is 12.5. The van der Waals surface area contributed by atoms with Crippen molar-refractivity contribution in [3.05, 3.63) is 4.91 Å². The zero-order chi connectivity index (χ0) is 22.2. The van der Waals surface area contributed by atoms with E-state index in [1.165, 1.54) is 64.2 Å². The van der Waals surface area contributed by atoms with Crippen LogP contribution in [0.1, 0.15) is 97.8 Å². The standard InChI is InChI=1S/C27H47NO3/c1-18(7-12-25(30)19(17-29)16-28-31)22-10-11-23-21-9-8-20-6-4-5-14-26(20,2)24(21)13-15-27(22,23)3/h18-25,29-30H,4-17H2,1-3H3/t18-,19?,20?,21-,22?,23?,24?,25-,26+,27-/m1/s1. The van der Waals surface area contributed by atoms with Crippen molar-refractivity contribution in [2.24, 2.45) is 57.4 Å². The van der Waals surface area contributed by atoms with Crippen molar-refractivity contribution < 1.29 is 10.2 Å². The third-order valence-electron chi connectivity index (χ3n) is 11.3. The molecule has 0 spiro atoms. The molecular weight excluding hydrogens is 386 g/mol. The highest BCUT2D eigenvalue weighted by molar-refractivity contribution is 5.09. The molecule has 0 saturated heterocycles. The minimum atomic E-state index is -0.618. The lowest BCUT2D eigenvalue weighted by Crippen LogP contribution is -2.53. The van der Waals surface area contributed by atoms with E-state index in [1.54, 1.807) is 0 Å². The molecule has 0 heterocycles. The Morgan fingerprint density at radius 3 is 2.45 bits per heavy atom. The van der Waals surface area contributed by atoms with E-state index in [0.29, 0.717) is 23.2 Å². The van der Waals surface area contributed by atoms with Crippen LogP contribution in [0, 0.1) is 57.2 Å². The van der Waals surface area contributed by atoms with E-state index in [-0.39, 0.29) is 13.2 Å². The fraction of sp³-hybridized carbons (Fsp3) is 1.00. The average Bonchev–Trinajstić information content (AvgIpc) is 3.12. The summed E-state index contributed by atoms with van der Waals surface area (Å²) in [6.07, 6.45) is 15.5. The molecule has 0 aromatic heterocycles. The van der Waals surface area contributed by atoms with Crippen molar-refractivity contribution in [3.63, 3.8) is 0 Å². The number of nitrogens with zero attached hydrogens (tertiary/aromatic N) is 1. The first kappa shape index (κ1) is 23.7. The van der Waals surface area contributed by atoms with Crippen molar-refractivity contribution in [2.75, 3.05) is 13.2 Å². The summed E-state index contributed by atoms with van der Waals surface area (Å²) in [6, 6.07) is 0. The quantitative estimate of drug-likeness (QED) is 0.449. The Kier molecular flexibility index (Phi) is 7.18. The van der Waals surface area contributed by atoms with Crippen LogP contribution in [0.3, 0.4) is 0 Å². The van der Waals surface area contributed by atoms with Gasteiger partial charge in [-0.3, -0.25) is 0 Å². The lowest BCUT2D eigenvalue weighted by molar-refractivity contribution is -0.114. The van der Waals surface area contributed by atoms with E-state index in [1.807, 2.05) is 0 Å². The first-order valence-electron chi connectivity index (χ1n) is 13.4. The molecule has 10 atom stereocenters. The highest BCUT2D eigenvalue weighted by Crippen LogP contribution is 2.68. The second-order valence-electron chi connectivity index (χ2n) is 12.5. The summed E-state index contributed by atoms with van der Waals surface area (Å²) in [4.78, 5) is 10.6. The van der Waals surface area contributed by atoms with Crippen LogP contribution in [0.2, 0.25) is 0 Å². The molecule has 2 N–H and O–H groups in total. The summed E-state index contributed by atoms with van der Waals surface area (Å²) in [5, 5.41) is 22.8. The maximum atomic E-state index is 10.6. The zero-order valence-electron chi connectivity index (χ0n) is 20.3. The Balaban J connectivity index is 1.41. The van der Waals surface area contributed by atoms with E-state index >= 15 is 0 Å². The molecule has 4 rings (SSSR count). The third kappa shape index (κ3) is 4.14. The van der Waals surface area contributed by atoms with Gasteiger partial charge in [-0.2, -0.15) is 4.91 Å². The summed E-state index contributed by atoms with van der Waals surface area (Å²) >= 11 is 0. The van der Waals surface area contributed by atoms with Gasteiger partial charge in [0.15, 0.2) is 0 Å². The van der Waals surface area contributed by atoms with Crippen molar-refractivity contribution in [2.45, 2.75) is 104 Å². The molecule has 31 heavy (non-hydrogen) atoms. The molecule has 4 fully saturated rings. The zero-order valence-corrected chi connectivity index (χ0v) is 20.3. The largest absolute Gasteiger partial charge is 0.396 e. The van der Waals surface area contributed by atoms with Crippen molar-refractivity contribution >= 4 is 0 Å². The van der Waals surface area contributed by atoms with E-state index in [0.717, 1.165) is 36.0 Å². The molecule has 4 aliphatic carbocycles. The molecule has 5 unspecified atom stereocenters. The van der Waals surface area contributed by atoms with Gasteiger partial charge in [0.25, 0.3) is 0 Å². The van der Waals surface area contributed by atoms with Crippen LogP contribution in [0.25, 0.3) is 0 Å². The molecule has 4 nitrogen and oxygen atoms in total. The van der Waals surface area contributed by atoms with Crippen molar-refractivity contribution in [1.29, 1.82) is 0 Å². The number of fused-ring (bicyclic) bond motifs is 5. The Bertz CT molecular complexity index is 626. The topological polar surface area (TPSA) is 69.9 Å². The first-order valence-corrected chi connectivity index (χ1v) is 13.4. The third-order valence-corrected chi connectivity index (χ3v) is 11.3. The monoisotopic (exact) mass is 433 g/mol. The predicted octanol–water partition coefficient (Wildman–Crippen LogP) is 6.19. The summed E-state index contributed by atoms with van der Waals surface area (Å²) in [5.41, 5.74) is 1.08. The molecule has 0 aromatic carbocycles. The Hall–Kier alpha value is -0.480. The van der Waals surface area contributed by atoms with Crippen LogP contribution in [0.15, 0.2) is 5.18 Å². The van der Waals surface area contributed by atoms with Crippen LogP contribution in [0.5, 0.6) is 0 Å². The molecule has 4 saturated carbocycles. The molecule has 0 bridgehead atoms. The van der Waals surface area contributed by atoms with Gasteiger partial charge in [-0.05, 0) is 111 Å². The first-order chi connectivity index (χ1) is 14.8. The highest BCUT2D eigenvalue weighted by Gasteiger charge is 2.60. The summed E-state index contributed by atoms with van der Waals surface area (Å²) < 4.78 is 0. The number of hydrogen-bond acceptors (Lipinski definition) is 4. The van der Waals surface area contributed by atoms with Crippen LogP contribution in [0.4, 0.5) is 0 Å². The minimum Gasteiger partial charge on any atom is -0.396 e. The maximum Gasteiger partial charge on any atom is 0.0886 e. The second kappa shape index (κ2) is 9.41. The number of aliphatic hydroxyl groups excluding tert-OH is 2. The van der Waals surface area contributed by atoms with Gasteiger partial charge >= 0.3 is 0 Å². The SMILES string of the molecule is C[C@H](CC[C@@H](O)C(CO)CN=O)C1CCC2[C@H]3CCC4CCCC[C@]4(C)C3CC[C@@]21C. The summed E-state index contributed by atoms with van der Waals surface area (Å²) in [7, 11) is 0. The van der Waals surface area contributed by atoms with Gasteiger partial charge in [-0.15, -0.1) is 0 Å². The fourth-order valence-electron chi connectivity index (χ4n) is 9.54. The molecule has 4 aliphatic rings. The minimum absolute atomic E-state index is 0.0120. The molecule has 0 radical (unpaired) electrons. The van der Waals surface area contributed by atoms with Gasteiger partial charge in [-0.1, -0.05) is 38.8 Å². The number of aliphatic hydroxyl groups is 2. The van der Waals surface area contributed by atoms with Gasteiger partial charge in [-0.25, -0.2) is 0 Å². The van der Waals surface area contributed by atoms with E-state index in [9.17, 15) is 15.1 Å². The van der Waals surface area contributed by atoms with Gasteiger partial charge in [0.1, 0.15) is 0 Å². The van der Waals surface area contributed by atoms with Gasteiger partial charge in [0.2, 0.25) is 0 Å². The smallest absolute Gasteiger partial charge is 0.0886 e. The van der Waals surface area contributed by atoms with Crippen molar-refractivity contribution in [1.82, 2.24) is 0 Å². The van der Waals surface area contributed by atoms with Gasteiger partial charge in [0, 0.05) is 5.92 Å². The molecule has 0 aliphatic heterocycles. The number of rotatable bonds is 8. The Morgan fingerprint density at radius 2 is 1.71 bits per heavy atom. The summed E-state index contributed by atoms with van der Waals surface area (Å²) in [6.45, 7) is 7.52. The van der Waals surface area contributed by atoms with Crippen LogP contribution >= 0.6 is 0 Å². The highest BCUT2D eigenvalue weighted by atomic mass is 16.3. The van der Waals surface area contributed by atoms with Crippen LogP contribution in [-0.4, -0.2) is 29.5 Å². The number of nitroso groups, excluding NO2 is 1. The van der Waals surface area contributed by atoms with Crippen LogP contribution in [-0.2, 0) is 0 Å². The fourth-order valence-corrected chi connectivity index (χ4v) is 9.54.